The molecular formula is C25H28Cl2N4O5S. The Morgan fingerprint density at radius 2 is 1.95 bits per heavy atom. The molecule has 1 fully saturated rings. The number of nitrogens with one attached hydrogen (secondary N) is 3. The van der Waals surface area contributed by atoms with E-state index in [4.69, 9.17) is 27.9 Å². The van der Waals surface area contributed by atoms with Crippen LogP contribution in [0.15, 0.2) is 52.3 Å². The van der Waals surface area contributed by atoms with E-state index in [-0.39, 0.29) is 29.2 Å². The SMILES string of the molecule is CNS(=O)c1ccc2c(C(=O)NC[C@@H](O)CN3CCC(Oc4ccc(Cl)c(Cl)c4)CC3)c[nH]c(=O)c2c1. The average Bonchev–Trinajstić information content (AvgIpc) is 2.90. The first kappa shape index (κ1) is 27.6. The van der Waals surface area contributed by atoms with Gasteiger partial charge in [0.15, 0.2) is 0 Å². The van der Waals surface area contributed by atoms with Crippen molar-refractivity contribution < 1.29 is 18.8 Å². The fourth-order valence-corrected chi connectivity index (χ4v) is 5.22. The summed E-state index contributed by atoms with van der Waals surface area (Å²) in [5, 5.41) is 14.9. The predicted molar refractivity (Wildman–Crippen MR) is 145 cm³/mol. The molecular weight excluding hydrogens is 539 g/mol. The highest BCUT2D eigenvalue weighted by Crippen LogP contribution is 2.28. The molecule has 9 nitrogen and oxygen atoms in total. The fourth-order valence-electron chi connectivity index (χ4n) is 4.28. The number of β-amino-alcohol motifs (C(OH)–C–C–N with tert-alkyl or cyclic N) is 1. The van der Waals surface area contributed by atoms with Gasteiger partial charge in [0, 0.05) is 49.2 Å². The van der Waals surface area contributed by atoms with Crippen molar-refractivity contribution in [2.75, 3.05) is 33.2 Å². The van der Waals surface area contributed by atoms with Gasteiger partial charge in [0.1, 0.15) is 22.8 Å². The van der Waals surface area contributed by atoms with E-state index in [9.17, 15) is 18.9 Å². The molecule has 0 saturated carbocycles. The maximum Gasteiger partial charge on any atom is 0.255 e. The van der Waals surface area contributed by atoms with Gasteiger partial charge in [-0.1, -0.05) is 29.3 Å². The third-order valence-electron chi connectivity index (χ3n) is 6.21. The lowest BCUT2D eigenvalue weighted by Crippen LogP contribution is -2.45. The zero-order chi connectivity index (χ0) is 26.5. The lowest BCUT2D eigenvalue weighted by Gasteiger charge is -2.33. The molecule has 3 aromatic rings. The summed E-state index contributed by atoms with van der Waals surface area (Å²) in [5.74, 6) is 0.258. The molecule has 198 valence electrons. The van der Waals surface area contributed by atoms with Gasteiger partial charge in [-0.05, 0) is 44.2 Å². The van der Waals surface area contributed by atoms with Gasteiger partial charge in [-0.15, -0.1) is 0 Å². The number of aromatic nitrogens is 1. The first-order valence-electron chi connectivity index (χ1n) is 11.8. The topological polar surface area (TPSA) is 124 Å². The summed E-state index contributed by atoms with van der Waals surface area (Å²) in [6.45, 7) is 1.96. The normalized spacial score (nSPS) is 16.4. The monoisotopic (exact) mass is 566 g/mol. The number of benzene rings is 2. The van der Waals surface area contributed by atoms with E-state index < -0.39 is 23.0 Å². The third-order valence-corrected chi connectivity index (χ3v) is 8.01. The Balaban J connectivity index is 1.28. The summed E-state index contributed by atoms with van der Waals surface area (Å²) in [7, 11) is 0.0898. The van der Waals surface area contributed by atoms with Gasteiger partial charge >= 0.3 is 0 Å². The number of halogens is 2. The number of carbonyl (C=O) groups is 1. The second-order valence-corrected chi connectivity index (χ2v) is 11.0. The Kier molecular flexibility index (Phi) is 9.22. The van der Waals surface area contributed by atoms with Crippen molar-refractivity contribution in [2.24, 2.45) is 0 Å². The molecule has 0 radical (unpaired) electrons. The number of H-pyrrole nitrogens is 1. The van der Waals surface area contributed by atoms with Gasteiger partial charge in [0.25, 0.3) is 11.5 Å². The van der Waals surface area contributed by atoms with Gasteiger partial charge in [-0.25, -0.2) is 8.93 Å². The van der Waals surface area contributed by atoms with Crippen LogP contribution in [0, 0.1) is 0 Å². The molecule has 0 bridgehead atoms. The number of aliphatic hydroxyl groups excluding tert-OH is 1. The predicted octanol–water partition coefficient (Wildman–Crippen LogP) is 2.71. The Bertz CT molecular complexity index is 1360. The quantitative estimate of drug-likeness (QED) is 0.316. The van der Waals surface area contributed by atoms with E-state index >= 15 is 0 Å². The fraction of sp³-hybridized carbons (Fsp3) is 0.360. The number of ether oxygens (including phenoxy) is 1. The minimum atomic E-state index is -1.46. The summed E-state index contributed by atoms with van der Waals surface area (Å²) < 4.78 is 20.6. The largest absolute Gasteiger partial charge is 0.490 e. The van der Waals surface area contributed by atoms with E-state index in [1.165, 1.54) is 12.3 Å². The molecule has 4 N–H and O–H groups in total. The van der Waals surface area contributed by atoms with Crippen LogP contribution in [0.2, 0.25) is 10.0 Å². The summed E-state index contributed by atoms with van der Waals surface area (Å²) in [5.41, 5.74) is -0.114. The van der Waals surface area contributed by atoms with Crippen LogP contribution in [-0.4, -0.2) is 70.5 Å². The van der Waals surface area contributed by atoms with E-state index in [1.807, 2.05) is 0 Å². The van der Waals surface area contributed by atoms with Crippen LogP contribution in [0.4, 0.5) is 0 Å². The van der Waals surface area contributed by atoms with Gasteiger partial charge in [-0.3, -0.25) is 9.59 Å². The second kappa shape index (κ2) is 12.4. The lowest BCUT2D eigenvalue weighted by atomic mass is 10.1. The Labute approximate surface area is 226 Å². The molecule has 1 aliphatic rings. The maximum absolute atomic E-state index is 12.8. The van der Waals surface area contributed by atoms with Gasteiger partial charge in [-0.2, -0.15) is 0 Å². The van der Waals surface area contributed by atoms with Crippen LogP contribution in [0.25, 0.3) is 10.8 Å². The molecule has 2 aromatic carbocycles. The summed E-state index contributed by atoms with van der Waals surface area (Å²) in [6.07, 6.45) is 2.21. The summed E-state index contributed by atoms with van der Waals surface area (Å²) in [4.78, 5) is 30.2. The number of fused-ring (bicyclic) bond motifs is 1. The van der Waals surface area contributed by atoms with Crippen LogP contribution in [0.5, 0.6) is 5.75 Å². The van der Waals surface area contributed by atoms with E-state index in [1.54, 1.807) is 37.4 Å². The average molecular weight is 567 g/mol. The van der Waals surface area contributed by atoms with Crippen LogP contribution >= 0.6 is 23.2 Å². The van der Waals surface area contributed by atoms with Gasteiger partial charge < -0.3 is 25.0 Å². The zero-order valence-corrected chi connectivity index (χ0v) is 22.5. The molecule has 1 saturated heterocycles. The molecule has 1 aromatic heterocycles. The third kappa shape index (κ3) is 6.90. The molecule has 1 aliphatic heterocycles. The van der Waals surface area contributed by atoms with Crippen LogP contribution < -0.4 is 20.3 Å². The second-order valence-electron chi connectivity index (χ2n) is 8.77. The zero-order valence-electron chi connectivity index (χ0n) is 20.1. The van der Waals surface area contributed by atoms with Crippen molar-refractivity contribution in [3.8, 4) is 5.75 Å². The number of aromatic amines is 1. The van der Waals surface area contributed by atoms with Crippen molar-refractivity contribution >= 4 is 50.9 Å². The Hall–Kier alpha value is -2.47. The van der Waals surface area contributed by atoms with Crippen molar-refractivity contribution in [2.45, 2.75) is 29.9 Å². The Morgan fingerprint density at radius 1 is 1.19 bits per heavy atom. The van der Waals surface area contributed by atoms with E-state index in [0.717, 1.165) is 25.9 Å². The Morgan fingerprint density at radius 3 is 2.65 bits per heavy atom. The number of aliphatic hydroxyl groups is 1. The smallest absolute Gasteiger partial charge is 0.255 e. The van der Waals surface area contributed by atoms with Crippen LogP contribution in [-0.2, 0) is 11.0 Å². The number of carbonyl (C=O) groups excluding carboxylic acids is 1. The minimum absolute atomic E-state index is 0.0462. The highest BCUT2D eigenvalue weighted by molar-refractivity contribution is 7.83. The molecule has 12 heteroatoms. The van der Waals surface area contributed by atoms with Crippen LogP contribution in [0.3, 0.4) is 0 Å². The number of nitrogens with zero attached hydrogens (tertiary/aromatic N) is 1. The number of likely N-dealkylation sites (tertiary alicyclic amines) is 1. The minimum Gasteiger partial charge on any atom is -0.490 e. The molecule has 1 unspecified atom stereocenters. The summed E-state index contributed by atoms with van der Waals surface area (Å²) >= 11 is 12.0. The molecule has 37 heavy (non-hydrogen) atoms. The van der Waals surface area contributed by atoms with E-state index in [0.29, 0.717) is 32.6 Å². The number of pyridine rings is 1. The van der Waals surface area contributed by atoms with Gasteiger partial charge in [0.05, 0.1) is 26.6 Å². The highest BCUT2D eigenvalue weighted by Gasteiger charge is 2.23. The number of rotatable bonds is 9. The van der Waals surface area contributed by atoms with Crippen LogP contribution in [0.1, 0.15) is 23.2 Å². The molecule has 2 atom stereocenters. The maximum atomic E-state index is 12.8. The summed E-state index contributed by atoms with van der Waals surface area (Å²) in [6, 6.07) is 9.91. The molecule has 0 spiro atoms. The molecule has 1 amide bonds. The van der Waals surface area contributed by atoms with Crippen molar-refractivity contribution in [3.05, 3.63) is 68.6 Å². The number of hydrogen-bond donors (Lipinski definition) is 4. The number of hydrogen-bond acceptors (Lipinski definition) is 6. The van der Waals surface area contributed by atoms with Crippen molar-refractivity contribution in [3.63, 3.8) is 0 Å². The van der Waals surface area contributed by atoms with Gasteiger partial charge in [0.2, 0.25) is 0 Å². The lowest BCUT2D eigenvalue weighted by molar-refractivity contribution is 0.0594. The molecule has 0 aliphatic carbocycles. The number of piperidine rings is 1. The number of amides is 1. The van der Waals surface area contributed by atoms with Crippen molar-refractivity contribution in [1.29, 1.82) is 0 Å². The molecule has 2 heterocycles. The van der Waals surface area contributed by atoms with E-state index in [2.05, 4.69) is 19.9 Å². The first-order chi connectivity index (χ1) is 17.7. The first-order valence-corrected chi connectivity index (χ1v) is 13.7. The highest BCUT2D eigenvalue weighted by atomic mass is 35.5. The standard InChI is InChI=1S/C25H28Cl2N4O5S/c1-28-37(35)18-3-4-19-20(11-18)24(33)30-13-21(19)25(34)29-12-15(32)14-31-8-6-16(7-9-31)36-17-2-5-22(26)23(27)10-17/h2-5,10-11,13,15-16,28,32H,6-9,12,14H2,1H3,(H,29,34)(H,30,33)/t15-,37?/m1/s1. The van der Waals surface area contributed by atoms with Crippen molar-refractivity contribution in [1.82, 2.24) is 19.9 Å². The molecule has 4 rings (SSSR count).